The fraction of sp³-hybridized carbons (Fsp3) is 0.167. The van der Waals surface area contributed by atoms with E-state index in [2.05, 4.69) is 20.9 Å². The molecule has 0 amide bonds. The fourth-order valence-electron chi connectivity index (χ4n) is 0.748. The molecule has 0 bridgehead atoms. The van der Waals surface area contributed by atoms with Crippen molar-refractivity contribution in [3.63, 3.8) is 0 Å². The zero-order chi connectivity index (χ0) is 8.43. The molecule has 0 atom stereocenters. The molecule has 1 heterocycles. The summed E-state index contributed by atoms with van der Waals surface area (Å²) in [7, 11) is 1.57. The minimum absolute atomic E-state index is 0.568. The molecule has 2 nitrogen and oxygen atoms in total. The maximum absolute atomic E-state index is 5.89. The normalized spacial score (nSPS) is 9.91. The molecule has 1 aromatic heterocycles. The molecule has 11 heavy (non-hydrogen) atoms. The molecule has 54 valence electrons. The number of ether oxygens (including phenoxy) is 1. The number of rotatable bonds is 1. The number of halogens is 2. The molecule has 5 heteroatoms. The topological polar surface area (TPSA) is 22.1 Å². The standard InChI is InChI=1S/C6H4BrClNO.Li/c1-10-6-2-5(8)4(7)3-9-6;/h3H,1H3;. The van der Waals surface area contributed by atoms with E-state index in [1.165, 1.54) is 0 Å². The van der Waals surface area contributed by atoms with Crippen molar-refractivity contribution in [3.05, 3.63) is 15.7 Å². The Morgan fingerprint density at radius 1 is 1.73 bits per heavy atom. The third-order valence-electron chi connectivity index (χ3n) is 1.35. The number of hydrogen-bond donors (Lipinski definition) is 0. The second kappa shape index (κ2) is 3.82. The summed E-state index contributed by atoms with van der Waals surface area (Å²) in [6.07, 6.45) is 1.62. The monoisotopic (exact) mass is 227 g/mol. The molecular formula is C6H4BrClLiNO. The summed E-state index contributed by atoms with van der Waals surface area (Å²) in [5.74, 6) is 0.568. The molecule has 0 spiro atoms. The predicted octanol–water partition coefficient (Wildman–Crippen LogP) is 1.30. The zero-order valence-electron chi connectivity index (χ0n) is 6.19. The van der Waals surface area contributed by atoms with Crippen LogP contribution in [0.5, 0.6) is 5.88 Å². The van der Waals surface area contributed by atoms with Crippen LogP contribution >= 0.6 is 27.5 Å². The molecule has 0 aliphatic carbocycles. The van der Waals surface area contributed by atoms with Crippen molar-refractivity contribution in [2.75, 3.05) is 7.11 Å². The van der Waals surface area contributed by atoms with Crippen molar-refractivity contribution in [2.24, 2.45) is 0 Å². The van der Waals surface area contributed by atoms with Gasteiger partial charge in [-0.05, 0) is 0 Å². The average Bonchev–Trinajstić information content (AvgIpc) is 2.01. The first-order chi connectivity index (χ1) is 5.16. The van der Waals surface area contributed by atoms with Gasteiger partial charge in [0, 0.05) is 0 Å². The summed E-state index contributed by atoms with van der Waals surface area (Å²) in [5, 5.41) is 0.650. The van der Waals surface area contributed by atoms with Gasteiger partial charge in [0.05, 0.1) is 0 Å². The van der Waals surface area contributed by atoms with E-state index in [-0.39, 0.29) is 0 Å². The molecule has 0 fully saturated rings. The predicted molar refractivity (Wildman–Crippen MR) is 48.9 cm³/mol. The van der Waals surface area contributed by atoms with E-state index in [0.717, 1.165) is 8.71 Å². The van der Waals surface area contributed by atoms with Crippen molar-refractivity contribution in [1.29, 1.82) is 0 Å². The maximum atomic E-state index is 5.89. The zero-order valence-corrected chi connectivity index (χ0v) is 8.53. The Hall–Kier alpha value is 0.317. The van der Waals surface area contributed by atoms with Crippen molar-refractivity contribution < 1.29 is 4.74 Å². The van der Waals surface area contributed by atoms with Crippen LogP contribution in [-0.4, -0.2) is 29.8 Å². The Morgan fingerprint density at radius 3 is 2.91 bits per heavy atom. The number of nitrogens with zero attached hydrogens (tertiary/aromatic N) is 1. The number of aromatic nitrogens is 1. The van der Waals surface area contributed by atoms with Crippen molar-refractivity contribution in [2.45, 2.75) is 0 Å². The second-order valence-electron chi connectivity index (χ2n) is 2.05. The van der Waals surface area contributed by atoms with Gasteiger partial charge in [0.2, 0.25) is 0 Å². The van der Waals surface area contributed by atoms with Gasteiger partial charge in [0.1, 0.15) is 0 Å². The summed E-state index contributed by atoms with van der Waals surface area (Å²) in [4.78, 5) is 4.00. The Labute approximate surface area is 87.6 Å². The van der Waals surface area contributed by atoms with Crippen LogP contribution in [0.1, 0.15) is 0 Å². The Bertz CT molecular complexity index is 282. The molecule has 1 rings (SSSR count). The number of pyridine rings is 1. The third kappa shape index (κ3) is 1.91. The summed E-state index contributed by atoms with van der Waals surface area (Å²) in [6, 6.07) is 0. The Balaban J connectivity index is 3.25. The van der Waals surface area contributed by atoms with E-state index in [0.29, 0.717) is 10.9 Å². The van der Waals surface area contributed by atoms with Crippen LogP contribution in [0.25, 0.3) is 0 Å². The van der Waals surface area contributed by atoms with Gasteiger partial charge in [-0.25, -0.2) is 0 Å². The van der Waals surface area contributed by atoms with Crippen LogP contribution in [0.2, 0.25) is 5.02 Å². The molecule has 0 N–H and O–H groups in total. The van der Waals surface area contributed by atoms with Crippen molar-refractivity contribution >= 4 is 49.5 Å². The number of methoxy groups -OCH3 is 1. The van der Waals surface area contributed by atoms with Crippen LogP contribution in [0.15, 0.2) is 10.7 Å². The SMILES string of the molecule is [Li][c]1c(OC)ncc(Br)c1Cl. The first-order valence-corrected chi connectivity index (χ1v) is 4.18. The van der Waals surface area contributed by atoms with Crippen LogP contribution in [0.4, 0.5) is 0 Å². The van der Waals surface area contributed by atoms with Crippen molar-refractivity contribution in [1.82, 2.24) is 4.98 Å². The van der Waals surface area contributed by atoms with Crippen LogP contribution in [-0.2, 0) is 0 Å². The molecule has 1 aromatic rings. The van der Waals surface area contributed by atoms with Gasteiger partial charge < -0.3 is 0 Å². The first-order valence-electron chi connectivity index (χ1n) is 3.01. The van der Waals surface area contributed by atoms with E-state index in [1.807, 2.05) is 17.7 Å². The van der Waals surface area contributed by atoms with Gasteiger partial charge in [-0.15, -0.1) is 0 Å². The molecule has 0 unspecified atom stereocenters. The third-order valence-corrected chi connectivity index (χ3v) is 2.66. The Morgan fingerprint density at radius 2 is 2.36 bits per heavy atom. The summed E-state index contributed by atoms with van der Waals surface area (Å²) < 4.78 is 6.60. The summed E-state index contributed by atoms with van der Waals surface area (Å²) >= 11 is 11.0. The molecule has 0 aliphatic heterocycles. The van der Waals surface area contributed by atoms with Crippen LogP contribution in [0, 0.1) is 0 Å². The van der Waals surface area contributed by atoms with Gasteiger partial charge in [-0.3, -0.25) is 0 Å². The summed E-state index contributed by atoms with van der Waals surface area (Å²) in [6.45, 7) is 0. The van der Waals surface area contributed by atoms with E-state index in [1.54, 1.807) is 13.3 Å². The van der Waals surface area contributed by atoms with E-state index in [9.17, 15) is 0 Å². The quantitative estimate of drug-likeness (QED) is 0.676. The fourth-order valence-corrected chi connectivity index (χ4v) is 1.28. The van der Waals surface area contributed by atoms with E-state index < -0.39 is 0 Å². The van der Waals surface area contributed by atoms with E-state index in [4.69, 9.17) is 16.3 Å². The molecule has 0 saturated carbocycles. The minimum atomic E-state index is 0.568. The molecular weight excluding hydrogens is 224 g/mol. The number of hydrogen-bond acceptors (Lipinski definition) is 2. The van der Waals surface area contributed by atoms with Gasteiger partial charge in [-0.2, -0.15) is 0 Å². The van der Waals surface area contributed by atoms with Gasteiger partial charge in [-0.1, -0.05) is 0 Å². The Kier molecular flexibility index (Phi) is 3.26. The molecule has 0 saturated heterocycles. The second-order valence-corrected chi connectivity index (χ2v) is 3.29. The van der Waals surface area contributed by atoms with Crippen LogP contribution in [0.3, 0.4) is 0 Å². The van der Waals surface area contributed by atoms with Gasteiger partial charge in [0.25, 0.3) is 0 Å². The van der Waals surface area contributed by atoms with Crippen LogP contribution < -0.4 is 8.97 Å². The van der Waals surface area contributed by atoms with Crippen molar-refractivity contribution in [3.8, 4) is 5.88 Å². The first kappa shape index (κ1) is 9.41. The molecule has 0 radical (unpaired) electrons. The van der Waals surface area contributed by atoms with E-state index >= 15 is 0 Å². The average molecular weight is 228 g/mol. The summed E-state index contributed by atoms with van der Waals surface area (Å²) in [5.41, 5.74) is 0. The molecule has 0 aromatic carbocycles. The molecule has 0 aliphatic rings. The van der Waals surface area contributed by atoms with Gasteiger partial charge >= 0.3 is 87.9 Å². The van der Waals surface area contributed by atoms with Gasteiger partial charge in [0.15, 0.2) is 0 Å².